The third-order valence-corrected chi connectivity index (χ3v) is 5.27. The highest BCUT2D eigenvalue weighted by molar-refractivity contribution is 5.99. The van der Waals surface area contributed by atoms with Gasteiger partial charge in [-0.05, 0) is 36.4 Å². The SMILES string of the molecule is COc1ccc(-n2nc3nc(N4CCOCC4)nc(-c4cccc(F)c4)c3c2N)cc1. The molecule has 0 amide bonds. The van der Waals surface area contributed by atoms with Gasteiger partial charge in [-0.15, -0.1) is 5.10 Å². The van der Waals surface area contributed by atoms with E-state index < -0.39 is 0 Å². The van der Waals surface area contributed by atoms with E-state index in [9.17, 15) is 4.39 Å². The molecular weight excluding hydrogens is 399 g/mol. The number of fused-ring (bicyclic) bond motifs is 1. The summed E-state index contributed by atoms with van der Waals surface area (Å²) in [6.45, 7) is 2.53. The summed E-state index contributed by atoms with van der Waals surface area (Å²) in [5, 5.41) is 5.23. The van der Waals surface area contributed by atoms with Gasteiger partial charge in [-0.3, -0.25) is 0 Å². The molecule has 1 saturated heterocycles. The van der Waals surface area contributed by atoms with Gasteiger partial charge in [0.2, 0.25) is 5.95 Å². The van der Waals surface area contributed by atoms with Crippen LogP contribution in [0.3, 0.4) is 0 Å². The second-order valence-corrected chi connectivity index (χ2v) is 7.18. The van der Waals surface area contributed by atoms with Crippen LogP contribution in [0.25, 0.3) is 28.0 Å². The normalized spacial score (nSPS) is 14.2. The summed E-state index contributed by atoms with van der Waals surface area (Å²) in [5.74, 6) is 1.29. The van der Waals surface area contributed by atoms with E-state index in [1.54, 1.807) is 23.9 Å². The second-order valence-electron chi connectivity index (χ2n) is 7.18. The Morgan fingerprint density at radius 1 is 1.06 bits per heavy atom. The van der Waals surface area contributed by atoms with Crippen molar-refractivity contribution in [2.75, 3.05) is 44.0 Å². The monoisotopic (exact) mass is 420 g/mol. The fraction of sp³-hybridized carbons (Fsp3) is 0.227. The van der Waals surface area contributed by atoms with E-state index in [4.69, 9.17) is 20.2 Å². The molecule has 1 fully saturated rings. The molecular formula is C22H21FN6O2. The van der Waals surface area contributed by atoms with Crippen LogP contribution in [0.15, 0.2) is 48.5 Å². The maximum absolute atomic E-state index is 14.0. The molecule has 0 radical (unpaired) electrons. The third kappa shape index (κ3) is 3.53. The van der Waals surface area contributed by atoms with Crippen molar-refractivity contribution < 1.29 is 13.9 Å². The van der Waals surface area contributed by atoms with Gasteiger partial charge in [0.1, 0.15) is 17.4 Å². The molecule has 158 valence electrons. The molecule has 2 aromatic heterocycles. The lowest BCUT2D eigenvalue weighted by molar-refractivity contribution is 0.122. The zero-order chi connectivity index (χ0) is 21.4. The van der Waals surface area contributed by atoms with Crippen LogP contribution in [0.2, 0.25) is 0 Å². The van der Waals surface area contributed by atoms with Crippen LogP contribution in [-0.2, 0) is 4.74 Å². The number of halogens is 1. The Labute approximate surface area is 178 Å². The summed E-state index contributed by atoms with van der Waals surface area (Å²) in [6, 6.07) is 13.7. The number of nitrogen functional groups attached to an aromatic ring is 1. The van der Waals surface area contributed by atoms with E-state index in [0.29, 0.717) is 60.4 Å². The molecule has 0 atom stereocenters. The van der Waals surface area contributed by atoms with Crippen LogP contribution >= 0.6 is 0 Å². The fourth-order valence-electron chi connectivity index (χ4n) is 3.67. The first-order valence-electron chi connectivity index (χ1n) is 9.93. The standard InChI is InChI=1S/C22H21FN6O2/c1-30-17-7-5-16(6-8-17)29-20(24)18-19(14-3-2-4-15(23)13-14)25-22(26-21(18)27-29)28-9-11-31-12-10-28/h2-8,13H,9-12,24H2,1H3. The smallest absolute Gasteiger partial charge is 0.228 e. The van der Waals surface area contributed by atoms with Gasteiger partial charge in [-0.2, -0.15) is 4.98 Å². The Kier molecular flexibility index (Phi) is 4.87. The molecule has 8 nitrogen and oxygen atoms in total. The first kappa shape index (κ1) is 19.3. The minimum Gasteiger partial charge on any atom is -0.497 e. The van der Waals surface area contributed by atoms with E-state index in [1.807, 2.05) is 29.2 Å². The molecule has 1 aliphatic heterocycles. The Balaban J connectivity index is 1.72. The van der Waals surface area contributed by atoms with Gasteiger partial charge in [0, 0.05) is 18.7 Å². The average molecular weight is 420 g/mol. The lowest BCUT2D eigenvalue weighted by Gasteiger charge is -2.27. The summed E-state index contributed by atoms with van der Waals surface area (Å²) >= 11 is 0. The number of hydrogen-bond acceptors (Lipinski definition) is 7. The first-order valence-corrected chi connectivity index (χ1v) is 9.93. The lowest BCUT2D eigenvalue weighted by Crippen LogP contribution is -2.37. The number of nitrogens with zero attached hydrogens (tertiary/aromatic N) is 5. The summed E-state index contributed by atoms with van der Waals surface area (Å²) in [4.78, 5) is 11.5. The minimum absolute atomic E-state index is 0.349. The average Bonchev–Trinajstić information content (AvgIpc) is 3.15. The number of nitrogens with two attached hydrogens (primary N) is 1. The summed E-state index contributed by atoms with van der Waals surface area (Å²) in [6.07, 6.45) is 0. The molecule has 1 aliphatic rings. The van der Waals surface area contributed by atoms with E-state index in [1.165, 1.54) is 12.1 Å². The highest BCUT2D eigenvalue weighted by Gasteiger charge is 2.22. The number of morpholine rings is 1. The number of rotatable bonds is 4. The number of aromatic nitrogens is 4. The predicted molar refractivity (Wildman–Crippen MR) is 116 cm³/mol. The summed E-state index contributed by atoms with van der Waals surface area (Å²) in [7, 11) is 1.61. The Morgan fingerprint density at radius 3 is 2.55 bits per heavy atom. The van der Waals surface area contributed by atoms with Crippen molar-refractivity contribution >= 4 is 22.8 Å². The van der Waals surface area contributed by atoms with Crippen molar-refractivity contribution in [3.63, 3.8) is 0 Å². The van der Waals surface area contributed by atoms with Crippen molar-refractivity contribution in [2.24, 2.45) is 0 Å². The number of anilines is 2. The molecule has 4 aromatic rings. The van der Waals surface area contributed by atoms with Crippen molar-refractivity contribution in [1.29, 1.82) is 0 Å². The molecule has 31 heavy (non-hydrogen) atoms. The molecule has 0 bridgehead atoms. The van der Waals surface area contributed by atoms with Gasteiger partial charge in [-0.25, -0.2) is 14.1 Å². The van der Waals surface area contributed by atoms with Crippen LogP contribution in [0, 0.1) is 5.82 Å². The summed E-state index contributed by atoms with van der Waals surface area (Å²) in [5.41, 5.74) is 8.87. The van der Waals surface area contributed by atoms with E-state index in [2.05, 4.69) is 10.1 Å². The molecule has 0 unspecified atom stereocenters. The van der Waals surface area contributed by atoms with Gasteiger partial charge >= 0.3 is 0 Å². The molecule has 2 aromatic carbocycles. The highest BCUT2D eigenvalue weighted by Crippen LogP contribution is 2.34. The maximum atomic E-state index is 14.0. The quantitative estimate of drug-likeness (QED) is 0.543. The number of methoxy groups -OCH3 is 1. The molecule has 9 heteroatoms. The molecule has 0 aliphatic carbocycles. The second kappa shape index (κ2) is 7.84. The molecule has 2 N–H and O–H groups in total. The van der Waals surface area contributed by atoms with E-state index in [-0.39, 0.29) is 5.82 Å². The molecule has 0 saturated carbocycles. The van der Waals surface area contributed by atoms with Crippen LogP contribution in [0.1, 0.15) is 0 Å². The molecule has 0 spiro atoms. The fourth-order valence-corrected chi connectivity index (χ4v) is 3.67. The summed E-state index contributed by atoms with van der Waals surface area (Å²) < 4.78 is 26.3. The highest BCUT2D eigenvalue weighted by atomic mass is 19.1. The first-order chi connectivity index (χ1) is 15.1. The number of ether oxygens (including phenoxy) is 2. The van der Waals surface area contributed by atoms with E-state index in [0.717, 1.165) is 11.4 Å². The van der Waals surface area contributed by atoms with Crippen molar-refractivity contribution in [1.82, 2.24) is 19.7 Å². The Morgan fingerprint density at radius 2 is 1.84 bits per heavy atom. The van der Waals surface area contributed by atoms with Gasteiger partial charge in [0.15, 0.2) is 5.65 Å². The van der Waals surface area contributed by atoms with Crippen molar-refractivity contribution in [3.8, 4) is 22.7 Å². The topological polar surface area (TPSA) is 91.3 Å². The van der Waals surface area contributed by atoms with Crippen LogP contribution in [0.5, 0.6) is 5.75 Å². The van der Waals surface area contributed by atoms with Crippen LogP contribution < -0.4 is 15.4 Å². The minimum atomic E-state index is -0.349. The zero-order valence-corrected chi connectivity index (χ0v) is 17.0. The lowest BCUT2D eigenvalue weighted by atomic mass is 10.1. The maximum Gasteiger partial charge on any atom is 0.228 e. The molecule has 3 heterocycles. The third-order valence-electron chi connectivity index (χ3n) is 5.27. The number of benzene rings is 2. The Bertz CT molecular complexity index is 1230. The van der Waals surface area contributed by atoms with Gasteiger partial charge < -0.3 is 20.1 Å². The van der Waals surface area contributed by atoms with Gasteiger partial charge in [-0.1, -0.05) is 12.1 Å². The van der Waals surface area contributed by atoms with Gasteiger partial charge in [0.05, 0.1) is 37.1 Å². The van der Waals surface area contributed by atoms with Crippen LogP contribution in [-0.4, -0.2) is 53.2 Å². The predicted octanol–water partition coefficient (Wildman–Crippen LogP) is 3.05. The van der Waals surface area contributed by atoms with Crippen molar-refractivity contribution in [3.05, 3.63) is 54.3 Å². The van der Waals surface area contributed by atoms with Crippen LogP contribution in [0.4, 0.5) is 16.2 Å². The van der Waals surface area contributed by atoms with E-state index >= 15 is 0 Å². The van der Waals surface area contributed by atoms with Crippen molar-refractivity contribution in [2.45, 2.75) is 0 Å². The molecule has 5 rings (SSSR count). The largest absolute Gasteiger partial charge is 0.497 e. The zero-order valence-electron chi connectivity index (χ0n) is 17.0. The number of hydrogen-bond donors (Lipinski definition) is 1. The Hall–Kier alpha value is -3.72. The van der Waals surface area contributed by atoms with Gasteiger partial charge in [0.25, 0.3) is 0 Å².